The first-order valence-electron chi connectivity index (χ1n) is 6.53. The van der Waals surface area contributed by atoms with Crippen LogP contribution in [0.15, 0.2) is 42.7 Å². The molecule has 21 heavy (non-hydrogen) atoms. The molecule has 0 fully saturated rings. The van der Waals surface area contributed by atoms with Gasteiger partial charge in [0.05, 0.1) is 10.6 Å². The number of nitro groups is 1. The number of nitro benzene ring substituents is 1. The number of aryl methyl sites for hydroxylation is 2. The number of non-ortho nitro benzene ring substituents is 1. The number of pyridine rings is 2. The first-order chi connectivity index (χ1) is 10.1. The van der Waals surface area contributed by atoms with Crippen LogP contribution in [0.5, 0.6) is 0 Å². The molecule has 0 saturated heterocycles. The maximum atomic E-state index is 11.3. The van der Waals surface area contributed by atoms with Gasteiger partial charge in [0.1, 0.15) is 5.52 Å². The van der Waals surface area contributed by atoms with Crippen LogP contribution < -0.4 is 0 Å². The zero-order chi connectivity index (χ0) is 15.0. The second-order valence-corrected chi connectivity index (χ2v) is 5.00. The Morgan fingerprint density at radius 3 is 2.67 bits per heavy atom. The number of benzene rings is 1. The van der Waals surface area contributed by atoms with Crippen molar-refractivity contribution in [3.63, 3.8) is 0 Å². The molecule has 3 aromatic rings. The van der Waals surface area contributed by atoms with Crippen molar-refractivity contribution in [1.82, 2.24) is 9.97 Å². The predicted molar refractivity (Wildman–Crippen MR) is 81.1 cm³/mol. The lowest BCUT2D eigenvalue weighted by atomic mass is 10.0. The summed E-state index contributed by atoms with van der Waals surface area (Å²) in [5.74, 6) is 0. The van der Waals surface area contributed by atoms with Crippen molar-refractivity contribution >= 4 is 16.6 Å². The van der Waals surface area contributed by atoms with Crippen LogP contribution in [0.3, 0.4) is 0 Å². The van der Waals surface area contributed by atoms with Crippen LogP contribution in [0.2, 0.25) is 0 Å². The van der Waals surface area contributed by atoms with Gasteiger partial charge in [-0.1, -0.05) is 0 Å². The standard InChI is InChI=1S/C16H13N3O2/c1-10-6-13-11(2)8-14(12-4-3-5-17-9-12)18-16(13)15(7-10)19(20)21/h3-9H,1-2H3. The van der Waals surface area contributed by atoms with E-state index in [0.717, 1.165) is 22.1 Å². The Morgan fingerprint density at radius 2 is 2.00 bits per heavy atom. The molecule has 5 heteroatoms. The average Bonchev–Trinajstić information content (AvgIpc) is 2.48. The quantitative estimate of drug-likeness (QED) is 0.528. The molecule has 0 unspecified atom stereocenters. The fourth-order valence-corrected chi connectivity index (χ4v) is 2.41. The monoisotopic (exact) mass is 279 g/mol. The molecule has 3 rings (SSSR count). The zero-order valence-electron chi connectivity index (χ0n) is 11.7. The highest BCUT2D eigenvalue weighted by molar-refractivity contribution is 5.92. The Morgan fingerprint density at radius 1 is 1.19 bits per heavy atom. The van der Waals surface area contributed by atoms with E-state index in [2.05, 4.69) is 9.97 Å². The summed E-state index contributed by atoms with van der Waals surface area (Å²) in [6, 6.07) is 9.13. The summed E-state index contributed by atoms with van der Waals surface area (Å²) in [6.45, 7) is 3.79. The van der Waals surface area contributed by atoms with E-state index in [4.69, 9.17) is 0 Å². The summed E-state index contributed by atoms with van der Waals surface area (Å²) in [7, 11) is 0. The fourth-order valence-electron chi connectivity index (χ4n) is 2.41. The van der Waals surface area contributed by atoms with Crippen molar-refractivity contribution < 1.29 is 4.92 Å². The second-order valence-electron chi connectivity index (χ2n) is 5.00. The second kappa shape index (κ2) is 4.94. The van der Waals surface area contributed by atoms with Crippen LogP contribution >= 0.6 is 0 Å². The van der Waals surface area contributed by atoms with Crippen LogP contribution in [0, 0.1) is 24.0 Å². The minimum Gasteiger partial charge on any atom is -0.264 e. The third kappa shape index (κ3) is 2.33. The lowest BCUT2D eigenvalue weighted by molar-refractivity contribution is -0.383. The van der Waals surface area contributed by atoms with Crippen LogP contribution in [-0.4, -0.2) is 14.9 Å². The fraction of sp³-hybridized carbons (Fsp3) is 0.125. The number of aromatic nitrogens is 2. The topological polar surface area (TPSA) is 68.9 Å². The Bertz CT molecular complexity index is 845. The van der Waals surface area contributed by atoms with E-state index in [0.29, 0.717) is 11.2 Å². The molecule has 1 aromatic carbocycles. The molecule has 5 nitrogen and oxygen atoms in total. The number of hydrogen-bond acceptors (Lipinski definition) is 4. The van der Waals surface area contributed by atoms with Crippen molar-refractivity contribution in [2.75, 3.05) is 0 Å². The Labute approximate surface area is 121 Å². The third-order valence-electron chi connectivity index (χ3n) is 3.40. The normalized spacial score (nSPS) is 10.8. The third-order valence-corrected chi connectivity index (χ3v) is 3.40. The van der Waals surface area contributed by atoms with Crippen molar-refractivity contribution in [2.45, 2.75) is 13.8 Å². The van der Waals surface area contributed by atoms with Crippen LogP contribution in [0.1, 0.15) is 11.1 Å². The van der Waals surface area contributed by atoms with Gasteiger partial charge < -0.3 is 0 Å². The van der Waals surface area contributed by atoms with Gasteiger partial charge >= 0.3 is 0 Å². The van der Waals surface area contributed by atoms with E-state index in [9.17, 15) is 10.1 Å². The summed E-state index contributed by atoms with van der Waals surface area (Å²) in [5, 5.41) is 12.1. The average molecular weight is 279 g/mol. The minimum absolute atomic E-state index is 0.0406. The summed E-state index contributed by atoms with van der Waals surface area (Å²) in [5.41, 5.74) is 3.82. The molecular formula is C16H13N3O2. The van der Waals surface area contributed by atoms with Gasteiger partial charge in [-0.2, -0.15) is 0 Å². The van der Waals surface area contributed by atoms with Crippen molar-refractivity contribution in [3.05, 3.63) is 64.0 Å². The van der Waals surface area contributed by atoms with Crippen molar-refractivity contribution in [3.8, 4) is 11.3 Å². The van der Waals surface area contributed by atoms with Crippen LogP contribution in [0.25, 0.3) is 22.2 Å². The highest BCUT2D eigenvalue weighted by Crippen LogP contribution is 2.31. The number of nitrogens with zero attached hydrogens (tertiary/aromatic N) is 3. The zero-order valence-corrected chi connectivity index (χ0v) is 11.7. The van der Waals surface area contributed by atoms with Gasteiger partial charge in [-0.3, -0.25) is 15.1 Å². The molecule has 0 saturated carbocycles. The summed E-state index contributed by atoms with van der Waals surface area (Å²) in [4.78, 5) is 19.5. The number of rotatable bonds is 2. The predicted octanol–water partition coefficient (Wildman–Crippen LogP) is 3.82. The Kier molecular flexibility index (Phi) is 3.10. The van der Waals surface area contributed by atoms with Crippen molar-refractivity contribution in [1.29, 1.82) is 0 Å². The molecule has 0 N–H and O–H groups in total. The lowest BCUT2D eigenvalue weighted by Gasteiger charge is -2.08. The molecule has 0 radical (unpaired) electrons. The molecule has 0 amide bonds. The van der Waals surface area contributed by atoms with E-state index < -0.39 is 0 Å². The van der Waals surface area contributed by atoms with E-state index in [1.807, 2.05) is 38.1 Å². The molecule has 2 heterocycles. The smallest absolute Gasteiger partial charge is 0.264 e. The Hall–Kier alpha value is -2.82. The lowest BCUT2D eigenvalue weighted by Crippen LogP contribution is -1.96. The summed E-state index contributed by atoms with van der Waals surface area (Å²) < 4.78 is 0. The summed E-state index contributed by atoms with van der Waals surface area (Å²) in [6.07, 6.45) is 3.39. The SMILES string of the molecule is Cc1cc([N+](=O)[O-])c2nc(-c3cccnc3)cc(C)c2c1. The molecule has 0 aliphatic heterocycles. The van der Waals surface area contributed by atoms with Gasteiger partial charge in [0.25, 0.3) is 5.69 Å². The molecule has 104 valence electrons. The number of fused-ring (bicyclic) bond motifs is 1. The molecular weight excluding hydrogens is 266 g/mol. The molecule has 0 atom stereocenters. The van der Waals surface area contributed by atoms with Crippen molar-refractivity contribution in [2.24, 2.45) is 0 Å². The first-order valence-corrected chi connectivity index (χ1v) is 6.53. The van der Waals surface area contributed by atoms with Gasteiger partial charge in [-0.15, -0.1) is 0 Å². The maximum Gasteiger partial charge on any atom is 0.295 e. The van der Waals surface area contributed by atoms with Gasteiger partial charge in [-0.05, 0) is 49.2 Å². The van der Waals surface area contributed by atoms with Crippen LogP contribution in [0.4, 0.5) is 5.69 Å². The number of hydrogen-bond donors (Lipinski definition) is 0. The van der Waals surface area contributed by atoms with E-state index in [1.54, 1.807) is 18.5 Å². The van der Waals surface area contributed by atoms with Gasteiger partial charge in [0, 0.05) is 29.4 Å². The van der Waals surface area contributed by atoms with E-state index in [-0.39, 0.29) is 10.6 Å². The summed E-state index contributed by atoms with van der Waals surface area (Å²) >= 11 is 0. The molecule has 0 spiro atoms. The highest BCUT2D eigenvalue weighted by atomic mass is 16.6. The van der Waals surface area contributed by atoms with Gasteiger partial charge in [0.2, 0.25) is 0 Å². The molecule has 0 bridgehead atoms. The van der Waals surface area contributed by atoms with E-state index >= 15 is 0 Å². The molecule has 0 aliphatic carbocycles. The van der Waals surface area contributed by atoms with Crippen LogP contribution in [-0.2, 0) is 0 Å². The minimum atomic E-state index is -0.380. The largest absolute Gasteiger partial charge is 0.295 e. The maximum absolute atomic E-state index is 11.3. The Balaban J connectivity index is 2.35. The molecule has 0 aliphatic rings. The highest BCUT2D eigenvalue weighted by Gasteiger charge is 2.17. The van der Waals surface area contributed by atoms with E-state index in [1.165, 1.54) is 0 Å². The van der Waals surface area contributed by atoms with Gasteiger partial charge in [0.15, 0.2) is 0 Å². The first kappa shape index (κ1) is 13.2. The van der Waals surface area contributed by atoms with Gasteiger partial charge in [-0.25, -0.2) is 4.98 Å². The molecule has 2 aromatic heterocycles.